The summed E-state index contributed by atoms with van der Waals surface area (Å²) >= 11 is 0. The van der Waals surface area contributed by atoms with E-state index in [0.29, 0.717) is 31.1 Å². The van der Waals surface area contributed by atoms with Gasteiger partial charge in [-0.15, -0.1) is 0 Å². The summed E-state index contributed by atoms with van der Waals surface area (Å²) in [5, 5.41) is 15.8. The molecule has 9 nitrogen and oxygen atoms in total. The van der Waals surface area contributed by atoms with Crippen molar-refractivity contribution in [2.45, 2.75) is 58.0 Å². The van der Waals surface area contributed by atoms with Crippen LogP contribution < -0.4 is 15.4 Å². The Morgan fingerprint density at radius 1 is 0.868 bits per heavy atom. The fourth-order valence-corrected chi connectivity index (χ4v) is 7.92. The Hall–Kier alpha value is -5.41. The number of phenols is 1. The van der Waals surface area contributed by atoms with Crippen molar-refractivity contribution in [3.05, 3.63) is 125 Å². The number of piperidine rings is 2. The molecular formula is C44H48N4O5. The van der Waals surface area contributed by atoms with Crippen LogP contribution in [0.4, 0.5) is 5.69 Å². The Morgan fingerprint density at radius 3 is 2.28 bits per heavy atom. The quantitative estimate of drug-likeness (QED) is 0.100. The average Bonchev–Trinajstić information content (AvgIpc) is 3.50. The van der Waals surface area contributed by atoms with E-state index in [4.69, 9.17) is 4.74 Å². The number of nitrogens with one attached hydrogen (secondary N) is 2. The normalized spacial score (nSPS) is 18.4. The number of anilines is 1. The van der Waals surface area contributed by atoms with Crippen LogP contribution in [0.2, 0.25) is 0 Å². The molecule has 0 aliphatic carbocycles. The average molecular weight is 713 g/mol. The molecule has 1 atom stereocenters. The van der Waals surface area contributed by atoms with E-state index in [9.17, 15) is 19.5 Å². The predicted octanol–water partition coefficient (Wildman–Crippen LogP) is 7.12. The van der Waals surface area contributed by atoms with Gasteiger partial charge in [-0.3, -0.25) is 24.6 Å². The van der Waals surface area contributed by atoms with Gasteiger partial charge >= 0.3 is 0 Å². The second kappa shape index (κ2) is 16.5. The lowest BCUT2D eigenvalue weighted by Crippen LogP contribution is -2.52. The number of rotatable bonds is 13. The molecule has 4 aromatic rings. The van der Waals surface area contributed by atoms with E-state index >= 15 is 0 Å². The summed E-state index contributed by atoms with van der Waals surface area (Å²) in [6.45, 7) is 7.08. The maximum Gasteiger partial charge on any atom is 0.255 e. The van der Waals surface area contributed by atoms with Gasteiger partial charge in [-0.2, -0.15) is 0 Å². The predicted molar refractivity (Wildman–Crippen MR) is 207 cm³/mol. The summed E-state index contributed by atoms with van der Waals surface area (Å²) in [4.78, 5) is 41.0. The number of aromatic hydroxyl groups is 1. The SMILES string of the molecule is CCC(=C(c1ccc(O)cc1)c1ccc(OCCN2CCC(CCNc3ccc4c(c3)CN(C3CCC(=O)NC3=O)C4=O)CC2)cc1)c1ccccc1. The molecule has 3 N–H and O–H groups in total. The molecule has 2 fully saturated rings. The van der Waals surface area contributed by atoms with Gasteiger partial charge in [-0.1, -0.05) is 61.5 Å². The first-order valence-corrected chi connectivity index (χ1v) is 18.9. The van der Waals surface area contributed by atoms with Gasteiger partial charge in [0.15, 0.2) is 0 Å². The van der Waals surface area contributed by atoms with Crippen molar-refractivity contribution in [3.63, 3.8) is 0 Å². The lowest BCUT2D eigenvalue weighted by molar-refractivity contribution is -0.136. The molecule has 3 aliphatic heterocycles. The van der Waals surface area contributed by atoms with Crippen LogP contribution in [-0.2, 0) is 16.1 Å². The van der Waals surface area contributed by atoms with Crippen LogP contribution in [-0.4, -0.2) is 71.5 Å². The zero-order valence-corrected chi connectivity index (χ0v) is 30.4. The molecule has 0 saturated carbocycles. The number of phenolic OH excluding ortho intramolecular Hbond substituents is 1. The van der Waals surface area contributed by atoms with E-state index in [1.807, 2.05) is 36.4 Å². The van der Waals surface area contributed by atoms with Gasteiger partial charge in [-0.25, -0.2) is 0 Å². The third-order valence-electron chi connectivity index (χ3n) is 10.9. The first-order valence-electron chi connectivity index (χ1n) is 18.9. The first-order chi connectivity index (χ1) is 25.9. The fraction of sp³-hybridized carbons (Fsp3) is 0.341. The Morgan fingerprint density at radius 2 is 1.58 bits per heavy atom. The number of carbonyl (C=O) groups excluding carboxylic acids is 3. The van der Waals surface area contributed by atoms with E-state index in [1.165, 1.54) is 11.1 Å². The molecule has 2 saturated heterocycles. The molecule has 3 heterocycles. The van der Waals surface area contributed by atoms with Crippen molar-refractivity contribution in [1.29, 1.82) is 0 Å². The zero-order valence-electron chi connectivity index (χ0n) is 30.4. The Bertz CT molecular complexity index is 1950. The minimum absolute atomic E-state index is 0.144. The van der Waals surface area contributed by atoms with Gasteiger partial charge in [0, 0.05) is 37.3 Å². The number of fused-ring (bicyclic) bond motifs is 1. The molecule has 9 heteroatoms. The van der Waals surface area contributed by atoms with Gasteiger partial charge in [-0.05, 0) is 127 Å². The van der Waals surface area contributed by atoms with Crippen LogP contribution in [0.3, 0.4) is 0 Å². The summed E-state index contributed by atoms with van der Waals surface area (Å²) in [6, 6.07) is 31.5. The molecule has 3 amide bonds. The van der Waals surface area contributed by atoms with Gasteiger partial charge in [0.25, 0.3) is 5.91 Å². The van der Waals surface area contributed by atoms with E-state index in [-0.39, 0.29) is 29.9 Å². The summed E-state index contributed by atoms with van der Waals surface area (Å²) in [5.74, 6) is 0.966. The highest BCUT2D eigenvalue weighted by molar-refractivity contribution is 6.05. The molecule has 0 aromatic heterocycles. The molecule has 53 heavy (non-hydrogen) atoms. The maximum absolute atomic E-state index is 13.0. The number of benzene rings is 4. The molecular weight excluding hydrogens is 665 g/mol. The van der Waals surface area contributed by atoms with E-state index in [1.54, 1.807) is 17.0 Å². The van der Waals surface area contributed by atoms with E-state index < -0.39 is 6.04 Å². The second-order valence-corrected chi connectivity index (χ2v) is 14.3. The van der Waals surface area contributed by atoms with Crippen LogP contribution >= 0.6 is 0 Å². The number of hydrogen-bond donors (Lipinski definition) is 3. The van der Waals surface area contributed by atoms with E-state index in [0.717, 1.165) is 85.6 Å². The largest absolute Gasteiger partial charge is 0.508 e. The molecule has 0 spiro atoms. The molecule has 3 aliphatic rings. The Labute approximate surface area is 311 Å². The van der Waals surface area contributed by atoms with Crippen molar-refractivity contribution in [1.82, 2.24) is 15.1 Å². The zero-order chi connectivity index (χ0) is 36.7. The van der Waals surface area contributed by atoms with Gasteiger partial charge in [0.05, 0.1) is 0 Å². The Balaban J connectivity index is 0.858. The maximum atomic E-state index is 13.0. The van der Waals surface area contributed by atoms with Crippen LogP contribution in [0.1, 0.15) is 78.1 Å². The van der Waals surface area contributed by atoms with Gasteiger partial charge in [0.1, 0.15) is 24.1 Å². The van der Waals surface area contributed by atoms with Crippen LogP contribution in [0.5, 0.6) is 11.5 Å². The second-order valence-electron chi connectivity index (χ2n) is 14.3. The minimum Gasteiger partial charge on any atom is -0.508 e. The Kier molecular flexibility index (Phi) is 11.2. The third kappa shape index (κ3) is 8.47. The van der Waals surface area contributed by atoms with Gasteiger partial charge in [0.2, 0.25) is 11.8 Å². The highest BCUT2D eigenvalue weighted by Gasteiger charge is 2.39. The van der Waals surface area contributed by atoms with Crippen molar-refractivity contribution in [2.75, 3.05) is 38.1 Å². The monoisotopic (exact) mass is 712 g/mol. The molecule has 4 aromatic carbocycles. The van der Waals surface area contributed by atoms with Gasteiger partial charge < -0.3 is 20.1 Å². The van der Waals surface area contributed by atoms with Crippen molar-refractivity contribution < 1.29 is 24.2 Å². The first kappa shape index (κ1) is 36.0. The fourth-order valence-electron chi connectivity index (χ4n) is 7.92. The number of nitrogens with zero attached hydrogens (tertiary/aromatic N) is 2. The summed E-state index contributed by atoms with van der Waals surface area (Å²) in [7, 11) is 0. The van der Waals surface area contributed by atoms with Crippen LogP contribution in [0.15, 0.2) is 97.1 Å². The number of amides is 3. The minimum atomic E-state index is -0.595. The van der Waals surface area contributed by atoms with E-state index in [2.05, 4.69) is 71.0 Å². The lowest BCUT2D eigenvalue weighted by atomic mass is 9.88. The molecule has 0 radical (unpaired) electrons. The molecule has 274 valence electrons. The topological polar surface area (TPSA) is 111 Å². The molecule has 7 rings (SSSR count). The van der Waals surface area contributed by atoms with Crippen molar-refractivity contribution in [3.8, 4) is 11.5 Å². The molecule has 1 unspecified atom stereocenters. The lowest BCUT2D eigenvalue weighted by Gasteiger charge is -2.32. The smallest absolute Gasteiger partial charge is 0.255 e. The highest BCUT2D eigenvalue weighted by Crippen LogP contribution is 2.36. The number of imide groups is 1. The number of ether oxygens (including phenoxy) is 1. The van der Waals surface area contributed by atoms with Crippen LogP contribution in [0.25, 0.3) is 11.1 Å². The standard InChI is InChI=1S/C44H48N4O5/c1-2-38(31-6-4-3-5-7-31)42(32-8-13-36(49)14-9-32)33-10-15-37(16-11-33)53-27-26-47-24-21-30(22-25-47)20-23-45-35-12-17-39-34(28-35)29-48(44(39)52)40-18-19-41(50)46-43(40)51/h3-17,28,30,40,45,49H,2,18-27,29H2,1H3,(H,46,50,51). The number of hydrogen-bond acceptors (Lipinski definition) is 7. The highest BCUT2D eigenvalue weighted by atomic mass is 16.5. The van der Waals surface area contributed by atoms with Crippen LogP contribution in [0, 0.1) is 5.92 Å². The number of allylic oxidation sites excluding steroid dienone is 1. The summed E-state index contributed by atoms with van der Waals surface area (Å²) in [6.07, 6.45) is 4.89. The number of carbonyl (C=O) groups is 3. The number of likely N-dealkylation sites (tertiary alicyclic amines) is 1. The third-order valence-corrected chi connectivity index (χ3v) is 10.9. The summed E-state index contributed by atoms with van der Waals surface area (Å²) in [5.41, 5.74) is 8.32. The summed E-state index contributed by atoms with van der Waals surface area (Å²) < 4.78 is 6.21. The molecule has 0 bridgehead atoms. The van der Waals surface area contributed by atoms with Crippen molar-refractivity contribution >= 4 is 34.6 Å². The van der Waals surface area contributed by atoms with Crippen molar-refractivity contribution in [2.24, 2.45) is 5.92 Å².